The molecule has 0 N–H and O–H groups in total. The zero-order valence-electron chi connectivity index (χ0n) is 12.4. The van der Waals surface area contributed by atoms with Crippen molar-refractivity contribution >= 4 is 10.2 Å². The summed E-state index contributed by atoms with van der Waals surface area (Å²) in [5, 5.41) is 0.349. The predicted octanol–water partition coefficient (Wildman–Crippen LogP) is 3.95. The van der Waals surface area contributed by atoms with Gasteiger partial charge in [0.25, 0.3) is 0 Å². The quantitative estimate of drug-likeness (QED) is 0.331. The minimum absolute atomic E-state index is 0.349. The molecule has 1 rings (SSSR count). The summed E-state index contributed by atoms with van der Waals surface area (Å²) in [7, 11) is 1.22. The Kier molecular flexibility index (Phi) is 8.69. The van der Waals surface area contributed by atoms with E-state index in [-0.39, 0.29) is 0 Å². The minimum Gasteiger partial charge on any atom is -0.380 e. The smallest absolute Gasteiger partial charge is 0.0486 e. The van der Waals surface area contributed by atoms with E-state index < -0.39 is 0 Å². The molecule has 1 aliphatic rings. The lowest BCUT2D eigenvalue weighted by atomic mass is 10.0. The van der Waals surface area contributed by atoms with Crippen LogP contribution in [0.1, 0.15) is 77.0 Å². The fourth-order valence-corrected chi connectivity index (χ4v) is 3.77. The third-order valence-electron chi connectivity index (χ3n) is 4.16. The van der Waals surface area contributed by atoms with Crippen molar-refractivity contribution < 1.29 is 4.74 Å². The second-order valence-electron chi connectivity index (χ2n) is 6.06. The molecular weight excluding hydrogens is 236 g/mol. The molecule has 106 valence electrons. The average molecular weight is 269 g/mol. The molecule has 0 aromatic carbocycles. The van der Waals surface area contributed by atoms with Gasteiger partial charge in [-0.05, 0) is 38.5 Å². The Balaban J connectivity index is 1.87. The van der Waals surface area contributed by atoms with Crippen LogP contribution in [0.3, 0.4) is 0 Å². The highest BCUT2D eigenvalue weighted by Gasteiger charge is 2.26. The highest BCUT2D eigenvalue weighted by Crippen LogP contribution is 2.27. The van der Waals surface area contributed by atoms with E-state index in [1.165, 1.54) is 87.3 Å². The van der Waals surface area contributed by atoms with Gasteiger partial charge in [0.05, 0.1) is 0 Å². The lowest BCUT2D eigenvalue weighted by Crippen LogP contribution is -2.36. The lowest BCUT2D eigenvalue weighted by Gasteiger charge is -2.34. The van der Waals surface area contributed by atoms with Crippen molar-refractivity contribution in [2.45, 2.75) is 82.3 Å². The molecule has 0 aromatic heterocycles. The number of ether oxygens (including phenoxy) is 1. The Hall–Kier alpha value is -0.0831. The molecule has 1 fully saturated rings. The molecule has 18 heavy (non-hydrogen) atoms. The normalized spacial score (nSPS) is 24.2. The third kappa shape index (κ3) is 7.37. The molecule has 1 atom stereocenters. The van der Waals surface area contributed by atoms with Gasteiger partial charge in [0.15, 0.2) is 0 Å². The van der Waals surface area contributed by atoms with E-state index >= 15 is 0 Å². The topological polar surface area (TPSA) is 9.23 Å². The van der Waals surface area contributed by atoms with Crippen molar-refractivity contribution in [1.29, 1.82) is 0 Å². The molecule has 0 saturated carbocycles. The summed E-state index contributed by atoms with van der Waals surface area (Å²) in [5.74, 6) is 0. The van der Waals surface area contributed by atoms with Crippen LogP contribution in [0.4, 0.5) is 0 Å². The molecule has 1 aliphatic heterocycles. The van der Waals surface area contributed by atoms with Gasteiger partial charge < -0.3 is 4.74 Å². The van der Waals surface area contributed by atoms with E-state index in [9.17, 15) is 0 Å². The van der Waals surface area contributed by atoms with E-state index in [0.717, 1.165) is 6.61 Å². The molecule has 1 unspecified atom stereocenters. The van der Waals surface area contributed by atoms with E-state index in [0.29, 0.717) is 5.22 Å². The molecular formula is C16H32OSi. The summed E-state index contributed by atoms with van der Waals surface area (Å²) in [4.78, 5) is 0. The van der Waals surface area contributed by atoms with Crippen molar-refractivity contribution in [1.82, 2.24) is 0 Å². The fraction of sp³-hybridized carbons (Fsp3) is 0.875. The van der Waals surface area contributed by atoms with Gasteiger partial charge in [-0.3, -0.25) is 0 Å². The standard InChI is InChI=1S/C16H32OSi/c1-2-3-4-5-6-7-8-9-10-13-16(18)14-11-12-15-17-16/h2H,1,3-15H2,18H3. The van der Waals surface area contributed by atoms with Crippen LogP contribution in [0, 0.1) is 0 Å². The second kappa shape index (κ2) is 9.80. The summed E-state index contributed by atoms with van der Waals surface area (Å²) in [6.07, 6.45) is 18.4. The summed E-state index contributed by atoms with van der Waals surface area (Å²) in [5.41, 5.74) is 0. The predicted molar refractivity (Wildman–Crippen MR) is 84.2 cm³/mol. The van der Waals surface area contributed by atoms with Crippen molar-refractivity contribution in [2.75, 3.05) is 6.61 Å². The van der Waals surface area contributed by atoms with Crippen LogP contribution in [-0.4, -0.2) is 22.1 Å². The summed E-state index contributed by atoms with van der Waals surface area (Å²) in [6.45, 7) is 4.78. The molecule has 0 spiro atoms. The molecule has 0 aromatic rings. The minimum atomic E-state index is 0.349. The first-order chi connectivity index (χ1) is 8.77. The fourth-order valence-electron chi connectivity index (χ4n) is 2.86. The third-order valence-corrected chi connectivity index (χ3v) is 5.45. The maximum Gasteiger partial charge on any atom is 0.0486 e. The van der Waals surface area contributed by atoms with Crippen LogP contribution in [0.25, 0.3) is 0 Å². The Labute approximate surface area is 117 Å². The van der Waals surface area contributed by atoms with Crippen molar-refractivity contribution in [3.63, 3.8) is 0 Å². The zero-order valence-corrected chi connectivity index (χ0v) is 14.4. The van der Waals surface area contributed by atoms with Gasteiger partial charge in [0, 0.05) is 22.1 Å². The zero-order chi connectivity index (χ0) is 13.1. The molecule has 1 heterocycles. The van der Waals surface area contributed by atoms with Crippen LogP contribution in [0.5, 0.6) is 0 Å². The van der Waals surface area contributed by atoms with Crippen molar-refractivity contribution in [3.8, 4) is 0 Å². The van der Waals surface area contributed by atoms with Gasteiger partial charge in [-0.1, -0.05) is 44.6 Å². The molecule has 0 aliphatic carbocycles. The van der Waals surface area contributed by atoms with Crippen molar-refractivity contribution in [2.24, 2.45) is 0 Å². The monoisotopic (exact) mass is 268 g/mol. The number of allylic oxidation sites excluding steroid dienone is 1. The molecule has 1 saturated heterocycles. The maximum atomic E-state index is 5.99. The van der Waals surface area contributed by atoms with E-state index in [1.54, 1.807) is 0 Å². The number of rotatable bonds is 10. The maximum absolute atomic E-state index is 5.99. The van der Waals surface area contributed by atoms with Gasteiger partial charge in [-0.15, -0.1) is 6.58 Å². The summed E-state index contributed by atoms with van der Waals surface area (Å²) in [6, 6.07) is 0. The van der Waals surface area contributed by atoms with Gasteiger partial charge >= 0.3 is 0 Å². The average Bonchev–Trinajstić information content (AvgIpc) is 2.38. The van der Waals surface area contributed by atoms with Crippen LogP contribution < -0.4 is 0 Å². The van der Waals surface area contributed by atoms with Crippen molar-refractivity contribution in [3.05, 3.63) is 12.7 Å². The second-order valence-corrected chi connectivity index (χ2v) is 7.88. The van der Waals surface area contributed by atoms with Crippen LogP contribution in [0.2, 0.25) is 0 Å². The first-order valence-corrected chi connectivity index (χ1v) is 9.02. The Bertz CT molecular complexity index is 209. The van der Waals surface area contributed by atoms with E-state index in [1.807, 2.05) is 6.08 Å². The van der Waals surface area contributed by atoms with Crippen LogP contribution in [-0.2, 0) is 4.74 Å². The lowest BCUT2D eigenvalue weighted by molar-refractivity contribution is -0.0240. The van der Waals surface area contributed by atoms with Gasteiger partial charge in [0.2, 0.25) is 0 Å². The van der Waals surface area contributed by atoms with Crippen LogP contribution in [0.15, 0.2) is 12.7 Å². The van der Waals surface area contributed by atoms with E-state index in [4.69, 9.17) is 4.74 Å². The van der Waals surface area contributed by atoms with Crippen LogP contribution >= 0.6 is 0 Å². The number of hydrogen-bond acceptors (Lipinski definition) is 1. The summed E-state index contributed by atoms with van der Waals surface area (Å²) < 4.78 is 5.99. The number of unbranched alkanes of at least 4 members (excludes halogenated alkanes) is 7. The SMILES string of the molecule is C=CCCCCCCCCCC1([SiH3])CCCCO1. The van der Waals surface area contributed by atoms with Gasteiger partial charge in [-0.25, -0.2) is 0 Å². The Morgan fingerprint density at radius 1 is 1.00 bits per heavy atom. The Morgan fingerprint density at radius 3 is 2.28 bits per heavy atom. The first-order valence-electron chi connectivity index (χ1n) is 8.02. The first kappa shape index (κ1) is 16.0. The summed E-state index contributed by atoms with van der Waals surface area (Å²) >= 11 is 0. The highest BCUT2D eigenvalue weighted by molar-refractivity contribution is 6.14. The largest absolute Gasteiger partial charge is 0.380 e. The van der Waals surface area contributed by atoms with E-state index in [2.05, 4.69) is 6.58 Å². The number of hydrogen-bond donors (Lipinski definition) is 0. The molecule has 2 heteroatoms. The van der Waals surface area contributed by atoms with Gasteiger partial charge in [0.1, 0.15) is 0 Å². The highest BCUT2D eigenvalue weighted by atomic mass is 28.1. The molecule has 0 bridgehead atoms. The Morgan fingerprint density at radius 2 is 1.67 bits per heavy atom. The molecule has 0 amide bonds. The molecule has 0 radical (unpaired) electrons. The van der Waals surface area contributed by atoms with Gasteiger partial charge in [-0.2, -0.15) is 0 Å². The molecule has 1 nitrogen and oxygen atoms in total.